The minimum Gasteiger partial charge on any atom is -0.324 e. The Morgan fingerprint density at radius 3 is 2.42 bits per heavy atom. The summed E-state index contributed by atoms with van der Waals surface area (Å²) in [5.74, 6) is -0.555. The second kappa shape index (κ2) is 6.04. The lowest BCUT2D eigenvalue weighted by Crippen LogP contribution is -2.14. The highest BCUT2D eigenvalue weighted by atomic mass is 35.5. The molecule has 2 aromatic carbocycles. The number of anilines is 1. The molecule has 0 atom stereocenters. The Hall–Kier alpha value is -1.58. The van der Waals surface area contributed by atoms with E-state index in [0.29, 0.717) is 15.7 Å². The van der Waals surface area contributed by atoms with E-state index in [9.17, 15) is 9.18 Å². The molecule has 98 valence electrons. The molecule has 19 heavy (non-hydrogen) atoms. The summed E-state index contributed by atoms with van der Waals surface area (Å²) in [5, 5.41) is 3.55. The van der Waals surface area contributed by atoms with E-state index >= 15 is 0 Å². The van der Waals surface area contributed by atoms with E-state index < -0.39 is 0 Å². The molecule has 0 aromatic heterocycles. The van der Waals surface area contributed by atoms with Crippen molar-refractivity contribution in [3.8, 4) is 0 Å². The summed E-state index contributed by atoms with van der Waals surface area (Å²) in [6.07, 6.45) is 0.152. The zero-order chi connectivity index (χ0) is 13.8. The van der Waals surface area contributed by atoms with Gasteiger partial charge in [-0.15, -0.1) is 0 Å². The predicted molar refractivity (Wildman–Crippen MR) is 75.2 cm³/mol. The van der Waals surface area contributed by atoms with Crippen molar-refractivity contribution in [1.82, 2.24) is 0 Å². The zero-order valence-corrected chi connectivity index (χ0v) is 11.3. The first kappa shape index (κ1) is 13.8. The Balaban J connectivity index is 2.03. The summed E-state index contributed by atoms with van der Waals surface area (Å²) in [7, 11) is 0. The highest BCUT2D eigenvalue weighted by molar-refractivity contribution is 6.36. The molecule has 0 radical (unpaired) electrons. The minimum absolute atomic E-state index is 0.152. The molecule has 0 aliphatic rings. The van der Waals surface area contributed by atoms with Crippen molar-refractivity contribution in [2.24, 2.45) is 0 Å². The van der Waals surface area contributed by atoms with Crippen LogP contribution in [0.15, 0.2) is 42.5 Å². The fourth-order valence-corrected chi connectivity index (χ4v) is 2.03. The molecule has 0 aliphatic heterocycles. The quantitative estimate of drug-likeness (QED) is 0.898. The van der Waals surface area contributed by atoms with E-state index in [1.807, 2.05) is 0 Å². The molecule has 0 fully saturated rings. The Kier molecular flexibility index (Phi) is 4.40. The molecule has 1 N–H and O–H groups in total. The summed E-state index contributed by atoms with van der Waals surface area (Å²) in [5.41, 5.74) is 1.22. The fourth-order valence-electron chi connectivity index (χ4n) is 1.57. The number of carbonyl (C=O) groups is 1. The van der Waals surface area contributed by atoms with Gasteiger partial charge in [0.1, 0.15) is 5.82 Å². The van der Waals surface area contributed by atoms with Crippen LogP contribution in [-0.4, -0.2) is 5.91 Å². The van der Waals surface area contributed by atoms with Crippen LogP contribution in [0.5, 0.6) is 0 Å². The molecule has 0 spiro atoms. The summed E-state index contributed by atoms with van der Waals surface area (Å²) in [4.78, 5) is 11.8. The SMILES string of the molecule is O=C(Cc1ccc(F)cc1)Nc1ccc(Cl)cc1Cl. The number of halogens is 3. The normalized spacial score (nSPS) is 10.3. The largest absolute Gasteiger partial charge is 0.324 e. The van der Waals surface area contributed by atoms with Crippen molar-refractivity contribution in [2.45, 2.75) is 6.42 Å². The van der Waals surface area contributed by atoms with Crippen LogP contribution in [0, 0.1) is 5.82 Å². The van der Waals surface area contributed by atoms with Crippen LogP contribution >= 0.6 is 23.2 Å². The van der Waals surface area contributed by atoms with Crippen molar-refractivity contribution in [3.05, 3.63) is 63.9 Å². The van der Waals surface area contributed by atoms with Crippen LogP contribution in [0.25, 0.3) is 0 Å². The summed E-state index contributed by atoms with van der Waals surface area (Å²) < 4.78 is 12.7. The molecule has 1 amide bonds. The molecule has 2 aromatic rings. The van der Waals surface area contributed by atoms with Gasteiger partial charge in [0, 0.05) is 5.02 Å². The van der Waals surface area contributed by atoms with Crippen LogP contribution in [0.2, 0.25) is 10.0 Å². The lowest BCUT2D eigenvalue weighted by atomic mass is 10.1. The first-order valence-electron chi connectivity index (χ1n) is 5.54. The maximum absolute atomic E-state index is 12.7. The fraction of sp³-hybridized carbons (Fsp3) is 0.0714. The summed E-state index contributed by atoms with van der Waals surface area (Å²) in [6, 6.07) is 10.6. The number of hydrogen-bond donors (Lipinski definition) is 1. The average Bonchev–Trinajstić information content (AvgIpc) is 2.36. The number of rotatable bonds is 3. The first-order chi connectivity index (χ1) is 9.04. The lowest BCUT2D eigenvalue weighted by molar-refractivity contribution is -0.115. The molecular weight excluding hydrogens is 288 g/mol. The van der Waals surface area contributed by atoms with Gasteiger partial charge in [-0.1, -0.05) is 35.3 Å². The minimum atomic E-state index is -0.329. The molecule has 0 saturated carbocycles. The van der Waals surface area contributed by atoms with Gasteiger partial charge in [0.2, 0.25) is 5.91 Å². The van der Waals surface area contributed by atoms with Gasteiger partial charge in [-0.05, 0) is 35.9 Å². The Morgan fingerprint density at radius 2 is 1.79 bits per heavy atom. The molecule has 2 nitrogen and oxygen atoms in total. The molecule has 0 saturated heterocycles. The van der Waals surface area contributed by atoms with E-state index in [2.05, 4.69) is 5.32 Å². The molecule has 5 heteroatoms. The standard InChI is InChI=1S/C14H10Cl2FNO/c15-10-3-6-13(12(16)8-10)18-14(19)7-9-1-4-11(17)5-2-9/h1-6,8H,7H2,(H,18,19). The smallest absolute Gasteiger partial charge is 0.228 e. The second-order valence-electron chi connectivity index (χ2n) is 3.98. The monoisotopic (exact) mass is 297 g/mol. The van der Waals surface area contributed by atoms with Crippen molar-refractivity contribution in [3.63, 3.8) is 0 Å². The van der Waals surface area contributed by atoms with Gasteiger partial charge < -0.3 is 5.32 Å². The number of amides is 1. The molecular formula is C14H10Cl2FNO. The van der Waals surface area contributed by atoms with Crippen LogP contribution in [0.3, 0.4) is 0 Å². The first-order valence-corrected chi connectivity index (χ1v) is 6.29. The van der Waals surface area contributed by atoms with Gasteiger partial charge in [-0.25, -0.2) is 4.39 Å². The van der Waals surface area contributed by atoms with E-state index in [-0.39, 0.29) is 18.1 Å². The predicted octanol–water partition coefficient (Wildman–Crippen LogP) is 4.31. The number of carbonyl (C=O) groups excluding carboxylic acids is 1. The van der Waals surface area contributed by atoms with Crippen LogP contribution in [0.1, 0.15) is 5.56 Å². The summed E-state index contributed by atoms with van der Waals surface area (Å²) >= 11 is 11.7. The van der Waals surface area contributed by atoms with E-state index in [0.717, 1.165) is 5.56 Å². The molecule has 0 unspecified atom stereocenters. The van der Waals surface area contributed by atoms with Crippen molar-refractivity contribution in [2.75, 3.05) is 5.32 Å². The van der Waals surface area contributed by atoms with Gasteiger partial charge in [-0.3, -0.25) is 4.79 Å². The maximum atomic E-state index is 12.7. The third kappa shape index (κ3) is 3.94. The molecule has 2 rings (SSSR count). The van der Waals surface area contributed by atoms with Gasteiger partial charge >= 0.3 is 0 Å². The second-order valence-corrected chi connectivity index (χ2v) is 4.82. The average molecular weight is 298 g/mol. The van der Waals surface area contributed by atoms with E-state index in [4.69, 9.17) is 23.2 Å². The van der Waals surface area contributed by atoms with Gasteiger partial charge in [0.05, 0.1) is 17.1 Å². The Bertz CT molecular complexity index is 599. The van der Waals surface area contributed by atoms with E-state index in [1.54, 1.807) is 30.3 Å². The van der Waals surface area contributed by atoms with Crippen LogP contribution in [0.4, 0.5) is 10.1 Å². The maximum Gasteiger partial charge on any atom is 0.228 e. The molecule has 0 bridgehead atoms. The highest BCUT2D eigenvalue weighted by Crippen LogP contribution is 2.25. The highest BCUT2D eigenvalue weighted by Gasteiger charge is 2.07. The van der Waals surface area contributed by atoms with Crippen LogP contribution < -0.4 is 5.32 Å². The zero-order valence-electron chi connectivity index (χ0n) is 9.79. The molecule has 0 aliphatic carbocycles. The van der Waals surface area contributed by atoms with Crippen LogP contribution in [-0.2, 0) is 11.2 Å². The van der Waals surface area contributed by atoms with Crippen molar-refractivity contribution < 1.29 is 9.18 Å². The number of benzene rings is 2. The third-order valence-electron chi connectivity index (χ3n) is 2.48. The lowest BCUT2D eigenvalue weighted by Gasteiger charge is -2.07. The van der Waals surface area contributed by atoms with Crippen molar-refractivity contribution in [1.29, 1.82) is 0 Å². The summed E-state index contributed by atoms with van der Waals surface area (Å²) in [6.45, 7) is 0. The third-order valence-corrected chi connectivity index (χ3v) is 3.03. The molecule has 0 heterocycles. The Labute approximate surface area is 120 Å². The van der Waals surface area contributed by atoms with Gasteiger partial charge in [-0.2, -0.15) is 0 Å². The van der Waals surface area contributed by atoms with E-state index in [1.165, 1.54) is 12.1 Å². The topological polar surface area (TPSA) is 29.1 Å². The number of hydrogen-bond acceptors (Lipinski definition) is 1. The van der Waals surface area contributed by atoms with Gasteiger partial charge in [0.15, 0.2) is 0 Å². The van der Waals surface area contributed by atoms with Gasteiger partial charge in [0.25, 0.3) is 0 Å². The Morgan fingerprint density at radius 1 is 1.11 bits per heavy atom. The van der Waals surface area contributed by atoms with Crippen molar-refractivity contribution >= 4 is 34.8 Å². The number of nitrogens with one attached hydrogen (secondary N) is 1.